The normalized spacial score (nSPS) is 12.0. The van der Waals surface area contributed by atoms with Crippen LogP contribution >= 0.6 is 23.5 Å². The van der Waals surface area contributed by atoms with Gasteiger partial charge < -0.3 is 10.7 Å². The van der Waals surface area contributed by atoms with Crippen molar-refractivity contribution in [3.8, 4) is 0 Å². The third-order valence-electron chi connectivity index (χ3n) is 4.87. The van der Waals surface area contributed by atoms with Gasteiger partial charge in [-0.05, 0) is 37.5 Å². The number of thioether (sulfide) groups is 2. The van der Waals surface area contributed by atoms with Crippen molar-refractivity contribution in [2.45, 2.75) is 36.3 Å². The van der Waals surface area contributed by atoms with E-state index in [9.17, 15) is 4.79 Å². The Morgan fingerprint density at radius 3 is 2.33 bits per heavy atom. The van der Waals surface area contributed by atoms with Gasteiger partial charge in [0.15, 0.2) is 0 Å². The molecular formula is C22H27N5OS2. The number of aryl methyl sites for hydroxylation is 1. The van der Waals surface area contributed by atoms with E-state index in [2.05, 4.69) is 41.4 Å². The molecule has 0 saturated heterocycles. The molecule has 1 atom stereocenters. The first-order valence-corrected chi connectivity index (χ1v) is 11.8. The van der Waals surface area contributed by atoms with Gasteiger partial charge in [-0.15, -0.1) is 10.2 Å². The van der Waals surface area contributed by atoms with Crippen LogP contribution < -0.4 is 5.84 Å². The number of carbonyl (C=O) groups excluding carboxylic acids is 1. The van der Waals surface area contributed by atoms with E-state index in [4.69, 9.17) is 5.84 Å². The molecule has 0 radical (unpaired) electrons. The highest BCUT2D eigenvalue weighted by Crippen LogP contribution is 2.41. The van der Waals surface area contributed by atoms with Crippen molar-refractivity contribution in [2.24, 2.45) is 0 Å². The molecule has 158 valence electrons. The summed E-state index contributed by atoms with van der Waals surface area (Å²) < 4.78 is 1.49. The minimum Gasteiger partial charge on any atom is -0.343 e. The van der Waals surface area contributed by atoms with E-state index in [-0.39, 0.29) is 11.2 Å². The first-order chi connectivity index (χ1) is 14.5. The number of hydrogen-bond acceptors (Lipinski definition) is 6. The van der Waals surface area contributed by atoms with E-state index in [1.807, 2.05) is 44.2 Å². The second kappa shape index (κ2) is 10.5. The lowest BCUT2D eigenvalue weighted by Crippen LogP contribution is -2.32. The van der Waals surface area contributed by atoms with Crippen molar-refractivity contribution < 1.29 is 4.79 Å². The van der Waals surface area contributed by atoms with E-state index in [0.29, 0.717) is 29.2 Å². The number of nitrogens with two attached hydrogens (primary N) is 1. The Bertz CT molecular complexity index is 973. The SMILES string of the molecule is CCN(CC)C(=O)CSc1nnc(SC(c2ccccc2)c2ccccc2C)n1N. The van der Waals surface area contributed by atoms with Crippen LogP contribution in [0.4, 0.5) is 0 Å². The molecule has 1 amide bonds. The Morgan fingerprint density at radius 2 is 1.67 bits per heavy atom. The maximum atomic E-state index is 12.3. The molecule has 30 heavy (non-hydrogen) atoms. The molecule has 0 aliphatic heterocycles. The molecule has 6 nitrogen and oxygen atoms in total. The highest BCUT2D eigenvalue weighted by atomic mass is 32.2. The molecule has 0 spiro atoms. The summed E-state index contributed by atoms with van der Waals surface area (Å²) in [5.41, 5.74) is 3.59. The zero-order valence-electron chi connectivity index (χ0n) is 17.5. The second-order valence-electron chi connectivity index (χ2n) is 6.76. The van der Waals surface area contributed by atoms with E-state index in [1.54, 1.807) is 16.7 Å². The Balaban J connectivity index is 1.81. The lowest BCUT2D eigenvalue weighted by molar-refractivity contribution is -0.127. The molecule has 0 aliphatic carbocycles. The molecule has 1 unspecified atom stereocenters. The van der Waals surface area contributed by atoms with Crippen molar-refractivity contribution in [1.29, 1.82) is 0 Å². The summed E-state index contributed by atoms with van der Waals surface area (Å²) in [6.07, 6.45) is 0. The van der Waals surface area contributed by atoms with Gasteiger partial charge in [-0.3, -0.25) is 4.79 Å². The predicted molar refractivity (Wildman–Crippen MR) is 124 cm³/mol. The van der Waals surface area contributed by atoms with Crippen LogP contribution in [0.2, 0.25) is 0 Å². The monoisotopic (exact) mass is 441 g/mol. The summed E-state index contributed by atoms with van der Waals surface area (Å²) in [6.45, 7) is 7.45. The van der Waals surface area contributed by atoms with Crippen molar-refractivity contribution >= 4 is 29.4 Å². The highest BCUT2D eigenvalue weighted by Gasteiger charge is 2.22. The average Bonchev–Trinajstić information content (AvgIpc) is 3.12. The highest BCUT2D eigenvalue weighted by molar-refractivity contribution is 8.00. The van der Waals surface area contributed by atoms with Gasteiger partial charge >= 0.3 is 0 Å². The number of nitrogens with zero attached hydrogens (tertiary/aromatic N) is 4. The molecule has 8 heteroatoms. The molecule has 2 aromatic carbocycles. The maximum Gasteiger partial charge on any atom is 0.233 e. The molecule has 1 aromatic heterocycles. The van der Waals surface area contributed by atoms with Gasteiger partial charge in [-0.1, -0.05) is 78.1 Å². The van der Waals surface area contributed by atoms with Crippen molar-refractivity contribution in [1.82, 2.24) is 19.8 Å². The fourth-order valence-corrected chi connectivity index (χ4v) is 5.16. The average molecular weight is 442 g/mol. The Labute approximate surface area is 186 Å². The first kappa shape index (κ1) is 22.2. The molecule has 0 bridgehead atoms. The third-order valence-corrected chi connectivity index (χ3v) is 7.05. The third kappa shape index (κ3) is 5.17. The number of carbonyl (C=O) groups is 1. The van der Waals surface area contributed by atoms with Gasteiger partial charge in [0.2, 0.25) is 16.2 Å². The van der Waals surface area contributed by atoms with Crippen LogP contribution in [-0.4, -0.2) is 44.5 Å². The predicted octanol–water partition coefficient (Wildman–Crippen LogP) is 4.14. The fourth-order valence-electron chi connectivity index (χ4n) is 3.16. The quantitative estimate of drug-likeness (QED) is 0.397. The van der Waals surface area contributed by atoms with Gasteiger partial charge in [0.1, 0.15) is 0 Å². The number of amides is 1. The summed E-state index contributed by atoms with van der Waals surface area (Å²) in [6, 6.07) is 18.6. The summed E-state index contributed by atoms with van der Waals surface area (Å²) in [5, 5.41) is 9.71. The summed E-state index contributed by atoms with van der Waals surface area (Å²) in [7, 11) is 0. The van der Waals surface area contributed by atoms with Crippen molar-refractivity contribution in [2.75, 3.05) is 24.7 Å². The number of benzene rings is 2. The lowest BCUT2D eigenvalue weighted by Gasteiger charge is -2.19. The fraction of sp³-hybridized carbons (Fsp3) is 0.318. The van der Waals surface area contributed by atoms with E-state index in [0.717, 1.165) is 0 Å². The molecule has 2 N–H and O–H groups in total. The molecule has 3 aromatic rings. The topological polar surface area (TPSA) is 77.0 Å². The molecular weight excluding hydrogens is 414 g/mol. The van der Waals surface area contributed by atoms with E-state index < -0.39 is 0 Å². The minimum atomic E-state index is 0.0362. The van der Waals surface area contributed by atoms with Crippen LogP contribution in [0.25, 0.3) is 0 Å². The van der Waals surface area contributed by atoms with Crippen LogP contribution in [0.3, 0.4) is 0 Å². The number of aromatic nitrogens is 3. The zero-order chi connectivity index (χ0) is 21.5. The maximum absolute atomic E-state index is 12.3. The molecule has 1 heterocycles. The Morgan fingerprint density at radius 1 is 1.03 bits per heavy atom. The molecule has 0 saturated carbocycles. The van der Waals surface area contributed by atoms with Gasteiger partial charge in [-0.2, -0.15) is 0 Å². The van der Waals surface area contributed by atoms with Crippen LogP contribution in [0.5, 0.6) is 0 Å². The van der Waals surface area contributed by atoms with Gasteiger partial charge in [0.25, 0.3) is 0 Å². The molecule has 0 fully saturated rings. The van der Waals surface area contributed by atoms with Crippen LogP contribution in [0, 0.1) is 6.92 Å². The first-order valence-electron chi connectivity index (χ1n) is 9.93. The van der Waals surface area contributed by atoms with Crippen molar-refractivity contribution in [3.05, 3.63) is 71.3 Å². The Hall–Kier alpha value is -2.45. The zero-order valence-corrected chi connectivity index (χ0v) is 19.1. The van der Waals surface area contributed by atoms with Crippen LogP contribution in [0.15, 0.2) is 64.9 Å². The summed E-state index contributed by atoms with van der Waals surface area (Å²) >= 11 is 2.88. The Kier molecular flexibility index (Phi) is 7.81. The number of hydrogen-bond donors (Lipinski definition) is 1. The van der Waals surface area contributed by atoms with Crippen molar-refractivity contribution in [3.63, 3.8) is 0 Å². The number of nitrogen functional groups attached to an aromatic ring is 1. The second-order valence-corrected chi connectivity index (χ2v) is 8.77. The van der Waals surface area contributed by atoms with Gasteiger partial charge in [-0.25, -0.2) is 4.68 Å². The largest absolute Gasteiger partial charge is 0.343 e. The van der Waals surface area contributed by atoms with E-state index >= 15 is 0 Å². The van der Waals surface area contributed by atoms with E-state index in [1.165, 1.54) is 33.1 Å². The minimum absolute atomic E-state index is 0.0362. The standard InChI is InChI=1S/C22H27N5OS2/c1-4-26(5-2)19(28)15-29-21-24-25-22(27(21)23)30-20(17-12-7-6-8-13-17)18-14-10-9-11-16(18)3/h6-14,20H,4-5,15,23H2,1-3H3. The molecule has 3 rings (SSSR count). The lowest BCUT2D eigenvalue weighted by atomic mass is 10.0. The van der Waals surface area contributed by atoms with Crippen LogP contribution in [-0.2, 0) is 4.79 Å². The van der Waals surface area contributed by atoms with Gasteiger partial charge in [0.05, 0.1) is 11.0 Å². The summed E-state index contributed by atoms with van der Waals surface area (Å²) in [5.74, 6) is 6.66. The van der Waals surface area contributed by atoms with Gasteiger partial charge in [0, 0.05) is 13.1 Å². The number of rotatable bonds is 9. The van der Waals surface area contributed by atoms with Crippen LogP contribution in [0.1, 0.15) is 35.8 Å². The molecule has 0 aliphatic rings. The smallest absolute Gasteiger partial charge is 0.233 e. The summed E-state index contributed by atoms with van der Waals surface area (Å²) in [4.78, 5) is 14.1.